The zero-order valence-corrected chi connectivity index (χ0v) is 27.6. The maximum absolute atomic E-state index is 14.1. The number of benzene rings is 3. The van der Waals surface area contributed by atoms with Crippen LogP contribution in [-0.2, 0) is 26.2 Å². The Labute approximate surface area is 264 Å². The molecule has 2 amide bonds. The summed E-state index contributed by atoms with van der Waals surface area (Å²) in [5.74, 6) is -0.172. The Morgan fingerprint density at radius 1 is 0.976 bits per heavy atom. The molecule has 1 aliphatic rings. The zero-order chi connectivity index (χ0) is 30.3. The fourth-order valence-corrected chi connectivity index (χ4v) is 7.07. The molecule has 1 N–H and O–H groups in total. The van der Waals surface area contributed by atoms with Crippen molar-refractivity contribution >= 4 is 59.4 Å². The van der Waals surface area contributed by atoms with Crippen LogP contribution in [0.15, 0.2) is 86.6 Å². The fourth-order valence-electron chi connectivity index (χ4n) is 4.94. The third-order valence-corrected chi connectivity index (χ3v) is 10.0. The van der Waals surface area contributed by atoms with E-state index in [0.29, 0.717) is 18.0 Å². The number of rotatable bonds is 12. The monoisotopic (exact) mass is 719 g/mol. The summed E-state index contributed by atoms with van der Waals surface area (Å²) in [6.45, 7) is 3.64. The van der Waals surface area contributed by atoms with Crippen LogP contribution in [0.1, 0.15) is 45.1 Å². The van der Waals surface area contributed by atoms with E-state index in [1.165, 1.54) is 17.0 Å². The van der Waals surface area contributed by atoms with Gasteiger partial charge in [0, 0.05) is 21.5 Å². The largest absolute Gasteiger partial charge is 0.494 e. The smallest absolute Gasteiger partial charge is 0.264 e. The predicted octanol–water partition coefficient (Wildman–Crippen LogP) is 6.28. The first-order valence-corrected chi connectivity index (χ1v) is 17.0. The van der Waals surface area contributed by atoms with Crippen molar-refractivity contribution in [3.63, 3.8) is 0 Å². The second-order valence-electron chi connectivity index (χ2n) is 10.2. The molecule has 1 fully saturated rings. The normalized spacial score (nSPS) is 14.3. The lowest BCUT2D eigenvalue weighted by Crippen LogP contribution is -2.52. The van der Waals surface area contributed by atoms with Crippen LogP contribution in [0.25, 0.3) is 0 Å². The summed E-state index contributed by atoms with van der Waals surface area (Å²) in [6.07, 6.45) is 3.94. The van der Waals surface area contributed by atoms with Crippen LogP contribution in [-0.4, -0.2) is 50.4 Å². The van der Waals surface area contributed by atoms with Crippen molar-refractivity contribution in [2.75, 3.05) is 17.5 Å². The van der Waals surface area contributed by atoms with Gasteiger partial charge in [-0.25, -0.2) is 8.42 Å². The molecule has 42 heavy (non-hydrogen) atoms. The van der Waals surface area contributed by atoms with Gasteiger partial charge in [0.05, 0.1) is 17.2 Å². The van der Waals surface area contributed by atoms with Gasteiger partial charge >= 0.3 is 0 Å². The minimum atomic E-state index is -4.15. The van der Waals surface area contributed by atoms with Crippen molar-refractivity contribution in [1.82, 2.24) is 10.2 Å². The second kappa shape index (κ2) is 14.5. The maximum atomic E-state index is 14.1. The summed E-state index contributed by atoms with van der Waals surface area (Å²) in [5.41, 5.74) is 1.11. The molecule has 1 saturated carbocycles. The Morgan fingerprint density at radius 2 is 1.64 bits per heavy atom. The SMILES string of the molecule is CCOc1ccc(N(CC(=O)N(Cc2cccc(Br)c2)[C@@H](C)C(=O)NC2CCCC2)S(=O)(=O)c2ccc(Br)cc2)cc1. The predicted molar refractivity (Wildman–Crippen MR) is 171 cm³/mol. The van der Waals surface area contributed by atoms with Crippen molar-refractivity contribution in [2.24, 2.45) is 0 Å². The van der Waals surface area contributed by atoms with Gasteiger partial charge in [-0.1, -0.05) is 56.8 Å². The number of hydrogen-bond donors (Lipinski definition) is 1. The molecule has 0 bridgehead atoms. The van der Waals surface area contributed by atoms with Crippen molar-refractivity contribution in [3.8, 4) is 5.75 Å². The lowest BCUT2D eigenvalue weighted by Gasteiger charge is -2.32. The molecule has 0 unspecified atom stereocenters. The molecule has 4 rings (SSSR count). The number of hydrogen-bond acceptors (Lipinski definition) is 5. The summed E-state index contributed by atoms with van der Waals surface area (Å²) in [6, 6.07) is 19.6. The van der Waals surface area contributed by atoms with E-state index in [2.05, 4.69) is 37.2 Å². The first kappa shape index (κ1) is 32.0. The first-order chi connectivity index (χ1) is 20.1. The van der Waals surface area contributed by atoms with Crippen LogP contribution in [0.5, 0.6) is 5.75 Å². The minimum absolute atomic E-state index is 0.0398. The Bertz CT molecular complexity index is 1480. The van der Waals surface area contributed by atoms with Crippen molar-refractivity contribution in [3.05, 3.63) is 87.3 Å². The number of halogens is 2. The molecule has 8 nitrogen and oxygen atoms in total. The van der Waals surface area contributed by atoms with Crippen molar-refractivity contribution < 1.29 is 22.7 Å². The average Bonchev–Trinajstić information content (AvgIpc) is 3.48. The number of anilines is 1. The highest BCUT2D eigenvalue weighted by atomic mass is 79.9. The van der Waals surface area contributed by atoms with Crippen LogP contribution in [0.4, 0.5) is 5.69 Å². The average molecular weight is 722 g/mol. The summed E-state index contributed by atoms with van der Waals surface area (Å²) >= 11 is 6.82. The van der Waals surface area contributed by atoms with Crippen LogP contribution < -0.4 is 14.4 Å². The number of carbonyl (C=O) groups excluding carboxylic acids is 2. The highest BCUT2D eigenvalue weighted by molar-refractivity contribution is 9.10. The quantitative estimate of drug-likeness (QED) is 0.238. The van der Waals surface area contributed by atoms with Gasteiger partial charge in [0.1, 0.15) is 18.3 Å². The van der Waals surface area contributed by atoms with Gasteiger partial charge in [-0.15, -0.1) is 0 Å². The molecular formula is C31H35Br2N3O5S. The maximum Gasteiger partial charge on any atom is 0.264 e. The van der Waals surface area contributed by atoms with Crippen molar-refractivity contribution in [2.45, 2.75) is 63.1 Å². The summed E-state index contributed by atoms with van der Waals surface area (Å²) < 4.78 is 36.1. The van der Waals surface area contributed by atoms with Gasteiger partial charge in [0.2, 0.25) is 11.8 Å². The van der Waals surface area contributed by atoms with E-state index in [0.717, 1.165) is 44.5 Å². The van der Waals surface area contributed by atoms with E-state index in [1.807, 2.05) is 31.2 Å². The lowest BCUT2D eigenvalue weighted by atomic mass is 10.1. The Morgan fingerprint density at radius 3 is 2.26 bits per heavy atom. The van der Waals surface area contributed by atoms with E-state index < -0.39 is 28.5 Å². The molecule has 1 aliphatic carbocycles. The molecule has 0 saturated heterocycles. The highest BCUT2D eigenvalue weighted by Crippen LogP contribution is 2.28. The van der Waals surface area contributed by atoms with Gasteiger partial charge in [0.15, 0.2) is 0 Å². The second-order valence-corrected chi connectivity index (χ2v) is 13.9. The van der Waals surface area contributed by atoms with E-state index in [4.69, 9.17) is 4.74 Å². The number of ether oxygens (including phenoxy) is 1. The molecule has 3 aromatic carbocycles. The third kappa shape index (κ3) is 8.14. The van der Waals surface area contributed by atoms with Gasteiger partial charge in [-0.2, -0.15) is 0 Å². The molecule has 1 atom stereocenters. The van der Waals surface area contributed by atoms with Gasteiger partial charge < -0.3 is 15.0 Å². The molecule has 0 aliphatic heterocycles. The van der Waals surface area contributed by atoms with Crippen LogP contribution in [0, 0.1) is 0 Å². The lowest BCUT2D eigenvalue weighted by molar-refractivity contribution is -0.139. The van der Waals surface area contributed by atoms with Crippen LogP contribution in [0.2, 0.25) is 0 Å². The molecular weight excluding hydrogens is 686 g/mol. The molecule has 0 heterocycles. The molecule has 0 aromatic heterocycles. The summed E-state index contributed by atoms with van der Waals surface area (Å²) in [4.78, 5) is 28.9. The molecule has 11 heteroatoms. The van der Waals surface area contributed by atoms with Crippen LogP contribution >= 0.6 is 31.9 Å². The molecule has 0 radical (unpaired) electrons. The van der Waals surface area contributed by atoms with E-state index >= 15 is 0 Å². The summed E-state index contributed by atoms with van der Waals surface area (Å²) in [7, 11) is -4.15. The van der Waals surface area contributed by atoms with E-state index in [1.54, 1.807) is 43.3 Å². The minimum Gasteiger partial charge on any atom is -0.494 e. The third-order valence-electron chi connectivity index (χ3n) is 7.23. The Hall–Kier alpha value is -2.89. The Kier molecular flexibility index (Phi) is 11.1. The number of nitrogens with one attached hydrogen (secondary N) is 1. The topological polar surface area (TPSA) is 96.0 Å². The number of amides is 2. The number of sulfonamides is 1. The number of nitrogens with zero attached hydrogens (tertiary/aromatic N) is 2. The molecule has 224 valence electrons. The standard InChI is InChI=1S/C31H35Br2N3O5S/c1-3-41-28-15-13-27(14-16-28)36(42(39,40)29-17-11-24(32)12-18-29)21-30(37)35(20-23-7-6-8-25(33)19-23)22(2)31(38)34-26-9-4-5-10-26/h6-8,11-19,22,26H,3-5,9-10,20-21H2,1-2H3,(H,34,38)/t22-/m0/s1. The fraction of sp³-hybridized carbons (Fsp3) is 0.355. The van der Waals surface area contributed by atoms with E-state index in [-0.39, 0.29) is 23.4 Å². The van der Waals surface area contributed by atoms with Gasteiger partial charge in [0.25, 0.3) is 10.0 Å². The van der Waals surface area contributed by atoms with Gasteiger partial charge in [-0.3, -0.25) is 13.9 Å². The molecule has 0 spiro atoms. The number of carbonyl (C=O) groups is 2. The van der Waals surface area contributed by atoms with Crippen molar-refractivity contribution in [1.29, 1.82) is 0 Å². The summed E-state index contributed by atoms with van der Waals surface area (Å²) in [5, 5.41) is 3.08. The molecule has 3 aromatic rings. The van der Waals surface area contributed by atoms with Gasteiger partial charge in [-0.05, 0) is 92.9 Å². The first-order valence-electron chi connectivity index (χ1n) is 13.9. The zero-order valence-electron chi connectivity index (χ0n) is 23.6. The van der Waals surface area contributed by atoms with Crippen LogP contribution in [0.3, 0.4) is 0 Å². The van der Waals surface area contributed by atoms with E-state index in [9.17, 15) is 18.0 Å². The Balaban J connectivity index is 1.69. The highest BCUT2D eigenvalue weighted by Gasteiger charge is 2.33.